The van der Waals surface area contributed by atoms with Crippen LogP contribution in [-0.2, 0) is 19.1 Å². The molecule has 1 aromatic rings. The summed E-state index contributed by atoms with van der Waals surface area (Å²) < 4.78 is 24.1. The average molecular weight is 362 g/mol. The average Bonchev–Trinajstić information content (AvgIpc) is 2.87. The van der Waals surface area contributed by atoms with Crippen molar-refractivity contribution in [2.45, 2.75) is 20.0 Å². The van der Waals surface area contributed by atoms with Crippen molar-refractivity contribution in [3.8, 4) is 0 Å². The molecule has 0 N–H and O–H groups in total. The van der Waals surface area contributed by atoms with Crippen LogP contribution in [-0.4, -0.2) is 67.2 Å². The maximum Gasteiger partial charge on any atom is 0.277 e. The van der Waals surface area contributed by atoms with E-state index in [4.69, 9.17) is 9.47 Å². The summed E-state index contributed by atoms with van der Waals surface area (Å²) >= 11 is 0. The maximum atomic E-state index is 13.3. The lowest BCUT2D eigenvalue weighted by molar-refractivity contribution is -0.138. The molecule has 3 rings (SSSR count). The first-order valence-corrected chi connectivity index (χ1v) is 8.79. The highest BCUT2D eigenvalue weighted by Crippen LogP contribution is 2.32. The molecule has 26 heavy (non-hydrogen) atoms. The second kappa shape index (κ2) is 7.97. The van der Waals surface area contributed by atoms with E-state index in [0.29, 0.717) is 43.1 Å². The van der Waals surface area contributed by atoms with E-state index in [9.17, 15) is 14.0 Å². The van der Waals surface area contributed by atoms with Crippen LogP contribution in [0.1, 0.15) is 19.4 Å². The molecule has 0 saturated carbocycles. The molecule has 0 aliphatic carbocycles. The van der Waals surface area contributed by atoms with Gasteiger partial charge in [-0.15, -0.1) is 0 Å². The Labute approximate surface area is 152 Å². The number of nitrogens with zero attached hydrogens (tertiary/aromatic N) is 2. The number of morpholine rings is 1. The van der Waals surface area contributed by atoms with Gasteiger partial charge in [-0.3, -0.25) is 14.5 Å². The van der Waals surface area contributed by atoms with Gasteiger partial charge in [0, 0.05) is 13.1 Å². The number of hydrogen-bond donors (Lipinski definition) is 0. The zero-order valence-corrected chi connectivity index (χ0v) is 15.0. The number of benzene rings is 1. The minimum Gasteiger partial charge on any atom is -0.378 e. The van der Waals surface area contributed by atoms with Gasteiger partial charge in [0.15, 0.2) is 0 Å². The molecule has 2 aliphatic rings. The highest BCUT2D eigenvalue weighted by molar-refractivity contribution is 6.35. The highest BCUT2D eigenvalue weighted by Gasteiger charge is 2.41. The van der Waals surface area contributed by atoms with Crippen molar-refractivity contribution in [3.05, 3.63) is 41.3 Å². The fourth-order valence-corrected chi connectivity index (χ4v) is 3.10. The lowest BCUT2D eigenvalue weighted by Crippen LogP contribution is -2.41. The van der Waals surface area contributed by atoms with Gasteiger partial charge in [-0.1, -0.05) is 12.1 Å². The van der Waals surface area contributed by atoms with E-state index in [1.807, 2.05) is 18.7 Å². The first-order chi connectivity index (χ1) is 12.5. The molecule has 1 aromatic carbocycles. The molecule has 0 bridgehead atoms. The van der Waals surface area contributed by atoms with Crippen molar-refractivity contribution >= 4 is 17.4 Å². The van der Waals surface area contributed by atoms with E-state index in [-0.39, 0.29) is 36.9 Å². The molecular formula is C19H23FN2O4. The molecule has 0 atom stereocenters. The van der Waals surface area contributed by atoms with Gasteiger partial charge in [0.1, 0.15) is 11.5 Å². The Balaban J connectivity index is 1.92. The lowest BCUT2D eigenvalue weighted by Gasteiger charge is -2.29. The third-order valence-corrected chi connectivity index (χ3v) is 4.37. The summed E-state index contributed by atoms with van der Waals surface area (Å²) in [6, 6.07) is 5.65. The first kappa shape index (κ1) is 18.5. The Kier molecular flexibility index (Phi) is 5.68. The molecule has 1 saturated heterocycles. The minimum absolute atomic E-state index is 0.0195. The summed E-state index contributed by atoms with van der Waals surface area (Å²) in [6.07, 6.45) is 0.0195. The molecule has 2 amide bonds. The van der Waals surface area contributed by atoms with Crippen LogP contribution in [0.3, 0.4) is 0 Å². The number of hydrogen-bond acceptors (Lipinski definition) is 5. The van der Waals surface area contributed by atoms with Crippen LogP contribution in [0, 0.1) is 5.82 Å². The number of amides is 2. The molecule has 0 spiro atoms. The van der Waals surface area contributed by atoms with Crippen LogP contribution in [0.15, 0.2) is 30.0 Å². The summed E-state index contributed by atoms with van der Waals surface area (Å²) in [4.78, 5) is 29.0. The molecular weight excluding hydrogens is 339 g/mol. The van der Waals surface area contributed by atoms with Crippen LogP contribution in [0.2, 0.25) is 0 Å². The summed E-state index contributed by atoms with van der Waals surface area (Å²) in [6.45, 7) is 6.33. The molecule has 6 nitrogen and oxygen atoms in total. The number of rotatable bonds is 6. The van der Waals surface area contributed by atoms with Gasteiger partial charge in [-0.05, 0) is 31.5 Å². The molecule has 7 heteroatoms. The Morgan fingerprint density at radius 1 is 1.12 bits per heavy atom. The van der Waals surface area contributed by atoms with Crippen LogP contribution in [0.25, 0.3) is 5.57 Å². The van der Waals surface area contributed by atoms with E-state index < -0.39 is 0 Å². The molecule has 1 fully saturated rings. The summed E-state index contributed by atoms with van der Waals surface area (Å²) in [5.74, 6) is -1.08. The SMILES string of the molecule is CC(C)OCCN1C(=O)C(c2ccc(F)cc2)=C(N2CCOCC2)C1=O. The van der Waals surface area contributed by atoms with Gasteiger partial charge in [-0.25, -0.2) is 4.39 Å². The zero-order chi connectivity index (χ0) is 18.7. The van der Waals surface area contributed by atoms with Crippen LogP contribution < -0.4 is 0 Å². The monoisotopic (exact) mass is 362 g/mol. The third kappa shape index (κ3) is 3.78. The predicted molar refractivity (Wildman–Crippen MR) is 93.5 cm³/mol. The van der Waals surface area contributed by atoms with Crippen LogP contribution >= 0.6 is 0 Å². The van der Waals surface area contributed by atoms with E-state index >= 15 is 0 Å². The second-order valence-corrected chi connectivity index (χ2v) is 6.51. The fourth-order valence-electron chi connectivity index (χ4n) is 3.10. The Bertz CT molecular complexity index is 709. The molecule has 0 aromatic heterocycles. The molecule has 0 unspecified atom stereocenters. The third-order valence-electron chi connectivity index (χ3n) is 4.37. The van der Waals surface area contributed by atoms with Gasteiger partial charge in [0.05, 0.1) is 38.0 Å². The van der Waals surface area contributed by atoms with Crippen molar-refractivity contribution in [3.63, 3.8) is 0 Å². The standard InChI is InChI=1S/C19H23FN2O4/c1-13(2)26-12-9-22-18(23)16(14-3-5-15(20)6-4-14)17(19(22)24)21-7-10-25-11-8-21/h3-6,13H,7-12H2,1-2H3. The Morgan fingerprint density at radius 3 is 2.38 bits per heavy atom. The maximum absolute atomic E-state index is 13.3. The number of imide groups is 1. The van der Waals surface area contributed by atoms with Crippen LogP contribution in [0.5, 0.6) is 0 Å². The number of ether oxygens (including phenoxy) is 2. The van der Waals surface area contributed by atoms with E-state index in [2.05, 4.69) is 0 Å². The van der Waals surface area contributed by atoms with Gasteiger partial charge in [-0.2, -0.15) is 0 Å². The lowest BCUT2D eigenvalue weighted by atomic mass is 10.0. The van der Waals surface area contributed by atoms with Crippen molar-refractivity contribution in [2.75, 3.05) is 39.5 Å². The molecule has 0 radical (unpaired) electrons. The molecule has 2 aliphatic heterocycles. The Morgan fingerprint density at radius 2 is 1.77 bits per heavy atom. The number of halogens is 1. The van der Waals surface area contributed by atoms with Crippen molar-refractivity contribution in [2.24, 2.45) is 0 Å². The zero-order valence-electron chi connectivity index (χ0n) is 15.0. The summed E-state index contributed by atoms with van der Waals surface area (Å²) in [7, 11) is 0. The summed E-state index contributed by atoms with van der Waals surface area (Å²) in [5.41, 5.74) is 1.23. The largest absolute Gasteiger partial charge is 0.378 e. The van der Waals surface area contributed by atoms with Crippen molar-refractivity contribution < 1.29 is 23.5 Å². The number of carbonyl (C=O) groups is 2. The topological polar surface area (TPSA) is 59.1 Å². The number of carbonyl (C=O) groups excluding carboxylic acids is 2. The quantitative estimate of drug-likeness (QED) is 0.721. The normalized spacial score (nSPS) is 18.5. The van der Waals surface area contributed by atoms with Gasteiger partial charge in [0.2, 0.25) is 0 Å². The van der Waals surface area contributed by atoms with E-state index in [1.54, 1.807) is 0 Å². The van der Waals surface area contributed by atoms with E-state index in [0.717, 1.165) is 0 Å². The first-order valence-electron chi connectivity index (χ1n) is 8.79. The smallest absolute Gasteiger partial charge is 0.277 e. The van der Waals surface area contributed by atoms with Gasteiger partial charge >= 0.3 is 0 Å². The Hall–Kier alpha value is -2.25. The van der Waals surface area contributed by atoms with Crippen LogP contribution in [0.4, 0.5) is 4.39 Å². The van der Waals surface area contributed by atoms with Crippen molar-refractivity contribution in [1.29, 1.82) is 0 Å². The van der Waals surface area contributed by atoms with E-state index in [1.165, 1.54) is 29.2 Å². The summed E-state index contributed by atoms with van der Waals surface area (Å²) in [5, 5.41) is 0. The minimum atomic E-state index is -0.388. The van der Waals surface area contributed by atoms with Gasteiger partial charge in [0.25, 0.3) is 11.8 Å². The fraction of sp³-hybridized carbons (Fsp3) is 0.474. The molecule has 2 heterocycles. The van der Waals surface area contributed by atoms with Crippen molar-refractivity contribution in [1.82, 2.24) is 9.80 Å². The highest BCUT2D eigenvalue weighted by atomic mass is 19.1. The predicted octanol–water partition coefficient (Wildman–Crippen LogP) is 1.66. The molecule has 140 valence electrons. The second-order valence-electron chi connectivity index (χ2n) is 6.51. The van der Waals surface area contributed by atoms with Gasteiger partial charge < -0.3 is 14.4 Å².